The molecule has 0 amide bonds. The molecule has 6 nitrogen and oxygen atoms in total. The number of aromatic nitrogens is 1. The standard InChI is InChI=1S/C13H9N3O3/c1-9-6-7-10(8-14)13(15-9)19-12-5-3-2-4-11(12)16(17)18/h2-7H,1H3. The molecule has 2 rings (SSSR count). The van der Waals surface area contributed by atoms with Gasteiger partial charge in [0.25, 0.3) is 0 Å². The Morgan fingerprint density at radius 2 is 2.05 bits per heavy atom. The Hall–Kier alpha value is -2.94. The van der Waals surface area contributed by atoms with Crippen molar-refractivity contribution >= 4 is 5.69 Å². The fraction of sp³-hybridized carbons (Fsp3) is 0.0769. The average Bonchev–Trinajstić information content (AvgIpc) is 2.39. The van der Waals surface area contributed by atoms with Crippen LogP contribution in [0.15, 0.2) is 36.4 Å². The van der Waals surface area contributed by atoms with E-state index in [-0.39, 0.29) is 22.9 Å². The Morgan fingerprint density at radius 3 is 2.74 bits per heavy atom. The minimum Gasteiger partial charge on any atom is -0.430 e. The quantitative estimate of drug-likeness (QED) is 0.621. The number of nitrogens with zero attached hydrogens (tertiary/aromatic N) is 3. The first-order valence-electron chi connectivity index (χ1n) is 5.41. The van der Waals surface area contributed by atoms with Crippen LogP contribution in [-0.4, -0.2) is 9.91 Å². The van der Waals surface area contributed by atoms with Crippen molar-refractivity contribution in [2.75, 3.05) is 0 Å². The van der Waals surface area contributed by atoms with E-state index in [1.807, 2.05) is 6.07 Å². The van der Waals surface area contributed by atoms with Crippen LogP contribution in [0.2, 0.25) is 0 Å². The van der Waals surface area contributed by atoms with Gasteiger partial charge in [0, 0.05) is 11.8 Å². The van der Waals surface area contributed by atoms with Crippen molar-refractivity contribution in [3.63, 3.8) is 0 Å². The monoisotopic (exact) mass is 255 g/mol. The van der Waals surface area contributed by atoms with E-state index in [4.69, 9.17) is 10.00 Å². The summed E-state index contributed by atoms with van der Waals surface area (Å²) < 4.78 is 5.40. The molecular weight excluding hydrogens is 246 g/mol. The summed E-state index contributed by atoms with van der Waals surface area (Å²) in [7, 11) is 0. The first-order chi connectivity index (χ1) is 9.11. The number of nitro benzene ring substituents is 1. The fourth-order valence-corrected chi connectivity index (χ4v) is 1.49. The topological polar surface area (TPSA) is 89.0 Å². The maximum absolute atomic E-state index is 10.9. The normalized spacial score (nSPS) is 9.68. The summed E-state index contributed by atoms with van der Waals surface area (Å²) in [6.45, 7) is 1.74. The zero-order chi connectivity index (χ0) is 13.8. The lowest BCUT2D eigenvalue weighted by Gasteiger charge is -2.07. The second-order valence-electron chi connectivity index (χ2n) is 3.74. The summed E-state index contributed by atoms with van der Waals surface area (Å²) in [6.07, 6.45) is 0. The van der Waals surface area contributed by atoms with Gasteiger partial charge in [-0.05, 0) is 25.1 Å². The predicted octanol–water partition coefficient (Wildman–Crippen LogP) is 2.96. The maximum Gasteiger partial charge on any atom is 0.311 e. The molecule has 94 valence electrons. The minimum absolute atomic E-state index is 0.0575. The molecule has 0 saturated heterocycles. The van der Waals surface area contributed by atoms with E-state index in [1.165, 1.54) is 12.1 Å². The average molecular weight is 255 g/mol. The molecule has 6 heteroatoms. The molecule has 1 heterocycles. The van der Waals surface area contributed by atoms with Gasteiger partial charge in [0.2, 0.25) is 11.6 Å². The Labute approximate surface area is 109 Å². The number of nitriles is 1. The van der Waals surface area contributed by atoms with Gasteiger partial charge in [0.15, 0.2) is 0 Å². The first-order valence-corrected chi connectivity index (χ1v) is 5.41. The molecular formula is C13H9N3O3. The highest BCUT2D eigenvalue weighted by Gasteiger charge is 2.16. The van der Waals surface area contributed by atoms with Crippen LogP contribution in [0, 0.1) is 28.4 Å². The molecule has 0 aliphatic carbocycles. The SMILES string of the molecule is Cc1ccc(C#N)c(Oc2ccccc2[N+](=O)[O-])n1. The van der Waals surface area contributed by atoms with Crippen LogP contribution in [0.1, 0.15) is 11.3 Å². The number of aryl methyl sites for hydroxylation is 1. The third-order valence-corrected chi connectivity index (χ3v) is 2.39. The van der Waals surface area contributed by atoms with E-state index in [2.05, 4.69) is 4.98 Å². The Morgan fingerprint density at radius 1 is 1.32 bits per heavy atom. The van der Waals surface area contributed by atoms with E-state index in [0.29, 0.717) is 5.69 Å². The van der Waals surface area contributed by atoms with Crippen molar-refractivity contribution in [2.45, 2.75) is 6.92 Å². The van der Waals surface area contributed by atoms with Gasteiger partial charge in [-0.25, -0.2) is 4.98 Å². The van der Waals surface area contributed by atoms with Crippen molar-refractivity contribution in [1.29, 1.82) is 5.26 Å². The van der Waals surface area contributed by atoms with E-state index in [1.54, 1.807) is 31.2 Å². The Bertz CT molecular complexity index is 677. The number of benzene rings is 1. The van der Waals surface area contributed by atoms with Gasteiger partial charge in [-0.15, -0.1) is 0 Å². The molecule has 1 aromatic carbocycles. The van der Waals surface area contributed by atoms with Crippen molar-refractivity contribution in [2.24, 2.45) is 0 Å². The highest BCUT2D eigenvalue weighted by atomic mass is 16.6. The zero-order valence-electron chi connectivity index (χ0n) is 10.0. The summed E-state index contributed by atoms with van der Waals surface area (Å²) >= 11 is 0. The molecule has 19 heavy (non-hydrogen) atoms. The molecule has 1 aromatic heterocycles. The van der Waals surface area contributed by atoms with Crippen LogP contribution >= 0.6 is 0 Å². The molecule has 0 aliphatic rings. The molecule has 0 N–H and O–H groups in total. The summed E-state index contributed by atoms with van der Waals surface area (Å²) in [6, 6.07) is 11.1. The molecule has 2 aromatic rings. The third kappa shape index (κ3) is 2.66. The second-order valence-corrected chi connectivity index (χ2v) is 3.74. The molecule has 0 aliphatic heterocycles. The number of pyridine rings is 1. The maximum atomic E-state index is 10.9. The predicted molar refractivity (Wildman–Crippen MR) is 66.9 cm³/mol. The number of rotatable bonds is 3. The van der Waals surface area contributed by atoms with Gasteiger partial charge in [-0.1, -0.05) is 12.1 Å². The summed E-state index contributed by atoms with van der Waals surface area (Å²) in [5.41, 5.74) is 0.714. The van der Waals surface area contributed by atoms with Crippen molar-refractivity contribution in [3.05, 3.63) is 57.8 Å². The molecule has 0 atom stereocenters. The summed E-state index contributed by atoms with van der Waals surface area (Å²) in [5.74, 6) is 0.124. The van der Waals surface area contributed by atoms with E-state index >= 15 is 0 Å². The van der Waals surface area contributed by atoms with Crippen LogP contribution < -0.4 is 4.74 Å². The molecule has 0 spiro atoms. The van der Waals surface area contributed by atoms with Crippen LogP contribution in [0.5, 0.6) is 11.6 Å². The zero-order valence-corrected chi connectivity index (χ0v) is 10.0. The molecule has 0 unspecified atom stereocenters. The second kappa shape index (κ2) is 5.14. The molecule has 0 radical (unpaired) electrons. The van der Waals surface area contributed by atoms with Crippen LogP contribution in [0.25, 0.3) is 0 Å². The summed E-state index contributed by atoms with van der Waals surface area (Å²) in [5, 5.41) is 19.8. The molecule has 0 fully saturated rings. The van der Waals surface area contributed by atoms with Crippen molar-refractivity contribution in [3.8, 4) is 17.7 Å². The van der Waals surface area contributed by atoms with Crippen molar-refractivity contribution in [1.82, 2.24) is 4.98 Å². The lowest BCUT2D eigenvalue weighted by Crippen LogP contribution is -1.97. The van der Waals surface area contributed by atoms with Crippen LogP contribution in [-0.2, 0) is 0 Å². The highest BCUT2D eigenvalue weighted by Crippen LogP contribution is 2.31. The molecule has 0 bridgehead atoms. The minimum atomic E-state index is -0.544. The van der Waals surface area contributed by atoms with Gasteiger partial charge in [-0.2, -0.15) is 5.26 Å². The number of hydrogen-bond acceptors (Lipinski definition) is 5. The van der Waals surface area contributed by atoms with Gasteiger partial charge in [0.05, 0.1) is 4.92 Å². The number of nitro groups is 1. The van der Waals surface area contributed by atoms with E-state index in [9.17, 15) is 10.1 Å². The fourth-order valence-electron chi connectivity index (χ4n) is 1.49. The number of para-hydroxylation sites is 2. The first kappa shape index (κ1) is 12.5. The Kier molecular flexibility index (Phi) is 3.39. The van der Waals surface area contributed by atoms with E-state index in [0.717, 1.165) is 0 Å². The van der Waals surface area contributed by atoms with Gasteiger partial charge in [-0.3, -0.25) is 10.1 Å². The Balaban J connectivity index is 2.45. The largest absolute Gasteiger partial charge is 0.430 e. The van der Waals surface area contributed by atoms with E-state index < -0.39 is 4.92 Å². The van der Waals surface area contributed by atoms with Crippen molar-refractivity contribution < 1.29 is 9.66 Å². The van der Waals surface area contributed by atoms with Gasteiger partial charge in [0.1, 0.15) is 11.6 Å². The third-order valence-electron chi connectivity index (χ3n) is 2.39. The lowest BCUT2D eigenvalue weighted by molar-refractivity contribution is -0.385. The highest BCUT2D eigenvalue weighted by molar-refractivity contribution is 5.49. The van der Waals surface area contributed by atoms with Gasteiger partial charge < -0.3 is 4.74 Å². The number of hydrogen-bond donors (Lipinski definition) is 0. The van der Waals surface area contributed by atoms with Crippen LogP contribution in [0.4, 0.5) is 5.69 Å². The molecule has 0 saturated carbocycles. The summed E-state index contributed by atoms with van der Waals surface area (Å²) in [4.78, 5) is 14.4. The number of ether oxygens (including phenoxy) is 1. The van der Waals surface area contributed by atoms with Crippen LogP contribution in [0.3, 0.4) is 0 Å². The lowest BCUT2D eigenvalue weighted by atomic mass is 10.2. The van der Waals surface area contributed by atoms with Gasteiger partial charge >= 0.3 is 5.69 Å². The smallest absolute Gasteiger partial charge is 0.311 e.